The van der Waals surface area contributed by atoms with Gasteiger partial charge in [0.05, 0.1) is 16.5 Å². The SMILES string of the molecule is CC(C)(C)CC(C)(C)c1ccc(OCCNS(=O)(=O)c2ccc(C#N)cc2)cc1. The molecule has 0 radical (unpaired) electrons. The van der Waals surface area contributed by atoms with E-state index in [2.05, 4.69) is 51.5 Å². The summed E-state index contributed by atoms with van der Waals surface area (Å²) in [7, 11) is -3.62. The zero-order chi connectivity index (χ0) is 21.7. The lowest BCUT2D eigenvalue weighted by molar-refractivity contribution is 0.283. The van der Waals surface area contributed by atoms with Gasteiger partial charge in [-0.3, -0.25) is 0 Å². The molecule has 0 fully saturated rings. The van der Waals surface area contributed by atoms with Crippen molar-refractivity contribution in [3.05, 3.63) is 59.7 Å². The minimum absolute atomic E-state index is 0.0630. The Morgan fingerprint density at radius 2 is 1.55 bits per heavy atom. The first kappa shape index (κ1) is 22.9. The molecule has 6 heteroatoms. The van der Waals surface area contributed by atoms with Gasteiger partial charge in [-0.15, -0.1) is 0 Å². The Kier molecular flexibility index (Phi) is 7.10. The topological polar surface area (TPSA) is 79.2 Å². The fourth-order valence-corrected chi connectivity index (χ4v) is 4.58. The highest BCUT2D eigenvalue weighted by Gasteiger charge is 2.27. The molecule has 0 saturated heterocycles. The van der Waals surface area contributed by atoms with Crippen molar-refractivity contribution in [3.8, 4) is 11.8 Å². The minimum Gasteiger partial charge on any atom is -0.492 e. The van der Waals surface area contributed by atoms with Crippen LogP contribution >= 0.6 is 0 Å². The van der Waals surface area contributed by atoms with Gasteiger partial charge in [0.2, 0.25) is 10.0 Å². The summed E-state index contributed by atoms with van der Waals surface area (Å²) in [6, 6.07) is 15.8. The molecule has 0 atom stereocenters. The van der Waals surface area contributed by atoms with Crippen molar-refractivity contribution in [2.75, 3.05) is 13.2 Å². The second-order valence-electron chi connectivity index (χ2n) is 9.03. The van der Waals surface area contributed by atoms with Crippen LogP contribution in [0.5, 0.6) is 5.75 Å². The molecule has 1 N–H and O–H groups in total. The number of hydrogen-bond acceptors (Lipinski definition) is 4. The Morgan fingerprint density at radius 1 is 0.966 bits per heavy atom. The van der Waals surface area contributed by atoms with Gasteiger partial charge in [-0.05, 0) is 59.2 Å². The molecule has 2 aromatic rings. The van der Waals surface area contributed by atoms with Crippen LogP contribution < -0.4 is 9.46 Å². The maximum Gasteiger partial charge on any atom is 0.240 e. The van der Waals surface area contributed by atoms with Crippen LogP contribution in [0.1, 0.15) is 52.2 Å². The third kappa shape index (κ3) is 6.88. The van der Waals surface area contributed by atoms with Crippen LogP contribution in [0.2, 0.25) is 0 Å². The summed E-state index contributed by atoms with van der Waals surface area (Å²) in [4.78, 5) is 0.127. The summed E-state index contributed by atoms with van der Waals surface area (Å²) in [5.74, 6) is 0.706. The van der Waals surface area contributed by atoms with Gasteiger partial charge in [-0.2, -0.15) is 5.26 Å². The second kappa shape index (κ2) is 8.98. The summed E-state index contributed by atoms with van der Waals surface area (Å²) in [6.45, 7) is 11.6. The molecular weight excluding hydrogens is 384 g/mol. The zero-order valence-corrected chi connectivity index (χ0v) is 18.6. The summed E-state index contributed by atoms with van der Waals surface area (Å²) in [5.41, 5.74) is 1.97. The number of nitriles is 1. The predicted molar refractivity (Wildman–Crippen MR) is 115 cm³/mol. The van der Waals surface area contributed by atoms with Crippen molar-refractivity contribution in [2.45, 2.75) is 51.3 Å². The summed E-state index contributed by atoms with van der Waals surface area (Å²) in [5, 5.41) is 8.79. The van der Waals surface area contributed by atoms with E-state index in [4.69, 9.17) is 10.00 Å². The number of nitrogens with one attached hydrogen (secondary N) is 1. The Labute approximate surface area is 174 Å². The highest BCUT2D eigenvalue weighted by molar-refractivity contribution is 7.89. The van der Waals surface area contributed by atoms with Crippen LogP contribution in [-0.4, -0.2) is 21.6 Å². The van der Waals surface area contributed by atoms with E-state index in [1.165, 1.54) is 29.8 Å². The Balaban J connectivity index is 1.88. The maximum atomic E-state index is 12.3. The molecule has 29 heavy (non-hydrogen) atoms. The normalized spacial score (nSPS) is 12.4. The molecule has 0 aliphatic rings. The highest BCUT2D eigenvalue weighted by atomic mass is 32.2. The minimum atomic E-state index is -3.62. The molecule has 0 aliphatic carbocycles. The van der Waals surface area contributed by atoms with Crippen LogP contribution in [0.15, 0.2) is 53.4 Å². The second-order valence-corrected chi connectivity index (χ2v) is 10.8. The van der Waals surface area contributed by atoms with Gasteiger partial charge in [0, 0.05) is 6.54 Å². The number of hydrogen-bond donors (Lipinski definition) is 1. The molecule has 0 bridgehead atoms. The van der Waals surface area contributed by atoms with Gasteiger partial charge in [0.1, 0.15) is 12.4 Å². The van der Waals surface area contributed by atoms with Gasteiger partial charge in [-0.1, -0.05) is 46.8 Å². The fourth-order valence-electron chi connectivity index (χ4n) is 3.57. The molecule has 0 spiro atoms. The molecule has 2 rings (SSSR count). The van der Waals surface area contributed by atoms with Crippen molar-refractivity contribution in [1.82, 2.24) is 4.72 Å². The maximum absolute atomic E-state index is 12.3. The predicted octanol–water partition coefficient (Wildman–Crippen LogP) is 4.63. The lowest BCUT2D eigenvalue weighted by Crippen LogP contribution is -2.28. The molecule has 0 amide bonds. The molecule has 0 heterocycles. The van der Waals surface area contributed by atoms with E-state index >= 15 is 0 Å². The molecule has 5 nitrogen and oxygen atoms in total. The summed E-state index contributed by atoms with van der Waals surface area (Å²) < 4.78 is 32.7. The van der Waals surface area contributed by atoms with Gasteiger partial charge >= 0.3 is 0 Å². The van der Waals surface area contributed by atoms with Crippen molar-refractivity contribution >= 4 is 10.0 Å². The molecule has 0 aromatic heterocycles. The van der Waals surface area contributed by atoms with E-state index in [0.29, 0.717) is 11.3 Å². The van der Waals surface area contributed by atoms with Crippen LogP contribution in [0, 0.1) is 16.7 Å². The van der Waals surface area contributed by atoms with Gasteiger partial charge < -0.3 is 4.74 Å². The molecule has 156 valence electrons. The van der Waals surface area contributed by atoms with Crippen LogP contribution in [0.3, 0.4) is 0 Å². The molecule has 0 saturated carbocycles. The van der Waals surface area contributed by atoms with Crippen molar-refractivity contribution in [3.63, 3.8) is 0 Å². The van der Waals surface area contributed by atoms with Crippen LogP contribution in [0.4, 0.5) is 0 Å². The number of ether oxygens (including phenoxy) is 1. The average Bonchev–Trinajstić information content (AvgIpc) is 2.64. The molecule has 0 unspecified atom stereocenters. The van der Waals surface area contributed by atoms with Crippen molar-refractivity contribution < 1.29 is 13.2 Å². The quantitative estimate of drug-likeness (QED) is 0.639. The Bertz CT molecular complexity index is 949. The molecular formula is C23H30N2O3S. The third-order valence-corrected chi connectivity index (χ3v) is 6.04. The van der Waals surface area contributed by atoms with E-state index in [0.717, 1.165) is 6.42 Å². The van der Waals surface area contributed by atoms with E-state index in [1.807, 2.05) is 18.2 Å². The van der Waals surface area contributed by atoms with E-state index in [1.54, 1.807) is 0 Å². The number of sulfonamides is 1. The Morgan fingerprint density at radius 3 is 2.07 bits per heavy atom. The highest BCUT2D eigenvalue weighted by Crippen LogP contribution is 2.36. The van der Waals surface area contributed by atoms with Crippen molar-refractivity contribution in [2.24, 2.45) is 5.41 Å². The Hall–Kier alpha value is -2.36. The summed E-state index contributed by atoms with van der Waals surface area (Å²) in [6.07, 6.45) is 1.07. The largest absolute Gasteiger partial charge is 0.492 e. The average molecular weight is 415 g/mol. The lowest BCUT2D eigenvalue weighted by Gasteiger charge is -2.33. The molecule has 2 aromatic carbocycles. The van der Waals surface area contributed by atoms with Gasteiger partial charge in [0.25, 0.3) is 0 Å². The standard InChI is InChI=1S/C23H30N2O3S/c1-22(2,3)17-23(4,5)19-8-10-20(11-9-19)28-15-14-25-29(26,27)21-12-6-18(16-24)7-13-21/h6-13,25H,14-15,17H2,1-5H3. The zero-order valence-electron chi connectivity index (χ0n) is 17.8. The monoisotopic (exact) mass is 414 g/mol. The van der Waals surface area contributed by atoms with Gasteiger partial charge in [0.15, 0.2) is 0 Å². The number of nitrogens with zero attached hydrogens (tertiary/aromatic N) is 1. The van der Waals surface area contributed by atoms with Crippen molar-refractivity contribution in [1.29, 1.82) is 5.26 Å². The molecule has 0 aliphatic heterocycles. The van der Waals surface area contributed by atoms with Crippen LogP contribution in [0.25, 0.3) is 0 Å². The summed E-state index contributed by atoms with van der Waals surface area (Å²) >= 11 is 0. The van der Waals surface area contributed by atoms with E-state index in [9.17, 15) is 8.42 Å². The fraction of sp³-hybridized carbons (Fsp3) is 0.435. The van der Waals surface area contributed by atoms with Gasteiger partial charge in [-0.25, -0.2) is 13.1 Å². The van der Waals surface area contributed by atoms with E-state index in [-0.39, 0.29) is 28.9 Å². The van der Waals surface area contributed by atoms with Crippen LogP contribution in [-0.2, 0) is 15.4 Å². The number of benzene rings is 2. The first-order valence-electron chi connectivity index (χ1n) is 9.66. The third-order valence-electron chi connectivity index (χ3n) is 4.56. The van der Waals surface area contributed by atoms with E-state index < -0.39 is 10.0 Å². The smallest absolute Gasteiger partial charge is 0.240 e. The number of rotatable bonds is 8. The lowest BCUT2D eigenvalue weighted by atomic mass is 9.72. The first-order valence-corrected chi connectivity index (χ1v) is 11.1. The first-order chi connectivity index (χ1) is 13.4.